The SMILES string of the molecule is COc1cccc(C(NC(=O)CN)C(C)c2ccccc2)c1. The number of hydrogen-bond acceptors (Lipinski definition) is 3. The van der Waals surface area contributed by atoms with E-state index in [0.717, 1.165) is 16.9 Å². The highest BCUT2D eigenvalue weighted by Gasteiger charge is 2.22. The number of ether oxygens (including phenoxy) is 1. The summed E-state index contributed by atoms with van der Waals surface area (Å²) < 4.78 is 5.28. The molecule has 3 N–H and O–H groups in total. The molecule has 4 nitrogen and oxygen atoms in total. The smallest absolute Gasteiger partial charge is 0.234 e. The van der Waals surface area contributed by atoms with E-state index in [-0.39, 0.29) is 24.4 Å². The Balaban J connectivity index is 2.35. The molecule has 4 heteroatoms. The molecule has 2 atom stereocenters. The van der Waals surface area contributed by atoms with Crippen molar-refractivity contribution < 1.29 is 9.53 Å². The zero-order valence-corrected chi connectivity index (χ0v) is 13.0. The van der Waals surface area contributed by atoms with Crippen molar-refractivity contribution in [1.82, 2.24) is 5.32 Å². The molecule has 1 amide bonds. The minimum absolute atomic E-state index is 0.0258. The second-order valence-electron chi connectivity index (χ2n) is 5.23. The van der Waals surface area contributed by atoms with E-state index in [4.69, 9.17) is 10.5 Å². The monoisotopic (exact) mass is 298 g/mol. The van der Waals surface area contributed by atoms with Gasteiger partial charge in [-0.3, -0.25) is 4.79 Å². The standard InChI is InChI=1S/C18H22N2O2/c1-13(14-7-4-3-5-8-14)18(20-17(21)12-19)15-9-6-10-16(11-15)22-2/h3-11,13,18H,12,19H2,1-2H3,(H,20,21). The van der Waals surface area contributed by atoms with Gasteiger partial charge >= 0.3 is 0 Å². The van der Waals surface area contributed by atoms with Gasteiger partial charge in [0.2, 0.25) is 5.91 Å². The van der Waals surface area contributed by atoms with Gasteiger partial charge in [-0.15, -0.1) is 0 Å². The Labute approximate surface area is 131 Å². The Morgan fingerprint density at radius 3 is 2.45 bits per heavy atom. The quantitative estimate of drug-likeness (QED) is 0.861. The van der Waals surface area contributed by atoms with Gasteiger partial charge in [-0.1, -0.05) is 49.4 Å². The summed E-state index contributed by atoms with van der Waals surface area (Å²) in [6.07, 6.45) is 0. The van der Waals surface area contributed by atoms with Gasteiger partial charge < -0.3 is 15.8 Å². The third-order valence-corrected chi connectivity index (χ3v) is 3.78. The Morgan fingerprint density at radius 1 is 1.14 bits per heavy atom. The molecular formula is C18H22N2O2. The maximum Gasteiger partial charge on any atom is 0.234 e. The molecule has 0 bridgehead atoms. The maximum absolute atomic E-state index is 11.8. The summed E-state index contributed by atoms with van der Waals surface area (Å²) in [5.41, 5.74) is 7.61. The number of methoxy groups -OCH3 is 1. The topological polar surface area (TPSA) is 64.3 Å². The molecule has 0 heterocycles. The van der Waals surface area contributed by atoms with Crippen LogP contribution in [0.3, 0.4) is 0 Å². The lowest BCUT2D eigenvalue weighted by Gasteiger charge is -2.26. The summed E-state index contributed by atoms with van der Waals surface area (Å²) in [4.78, 5) is 11.8. The van der Waals surface area contributed by atoms with Crippen molar-refractivity contribution in [1.29, 1.82) is 0 Å². The Morgan fingerprint density at radius 2 is 1.82 bits per heavy atom. The van der Waals surface area contributed by atoms with Gasteiger partial charge in [-0.25, -0.2) is 0 Å². The number of hydrogen-bond donors (Lipinski definition) is 2. The highest BCUT2D eigenvalue weighted by molar-refractivity contribution is 5.78. The van der Waals surface area contributed by atoms with Crippen LogP contribution in [0.4, 0.5) is 0 Å². The molecule has 116 valence electrons. The minimum atomic E-state index is -0.171. The molecule has 0 aliphatic carbocycles. The summed E-state index contributed by atoms with van der Waals surface area (Å²) in [5, 5.41) is 3.01. The van der Waals surface area contributed by atoms with Crippen LogP contribution in [0.25, 0.3) is 0 Å². The molecule has 0 radical (unpaired) electrons. The van der Waals surface area contributed by atoms with Gasteiger partial charge in [0.25, 0.3) is 0 Å². The van der Waals surface area contributed by atoms with Crippen molar-refractivity contribution in [3.63, 3.8) is 0 Å². The number of carbonyl (C=O) groups is 1. The molecule has 2 rings (SSSR count). The molecule has 0 aliphatic heterocycles. The van der Waals surface area contributed by atoms with E-state index in [9.17, 15) is 4.79 Å². The first-order valence-electron chi connectivity index (χ1n) is 7.34. The van der Waals surface area contributed by atoms with Crippen molar-refractivity contribution in [2.75, 3.05) is 13.7 Å². The summed E-state index contributed by atoms with van der Waals surface area (Å²) in [7, 11) is 1.63. The molecule has 0 saturated heterocycles. The Bertz CT molecular complexity index is 613. The molecule has 2 aromatic carbocycles. The maximum atomic E-state index is 11.8. The molecule has 2 aromatic rings. The molecule has 0 fully saturated rings. The number of benzene rings is 2. The van der Waals surface area contributed by atoms with Gasteiger partial charge in [-0.2, -0.15) is 0 Å². The number of nitrogens with one attached hydrogen (secondary N) is 1. The third-order valence-electron chi connectivity index (χ3n) is 3.78. The van der Waals surface area contributed by atoms with E-state index >= 15 is 0 Å². The van der Waals surface area contributed by atoms with Crippen LogP contribution in [-0.2, 0) is 4.79 Å². The first-order chi connectivity index (χ1) is 10.7. The average molecular weight is 298 g/mol. The second kappa shape index (κ2) is 7.61. The van der Waals surface area contributed by atoms with E-state index < -0.39 is 0 Å². The van der Waals surface area contributed by atoms with Crippen molar-refractivity contribution in [2.45, 2.75) is 18.9 Å². The van der Waals surface area contributed by atoms with E-state index in [1.165, 1.54) is 0 Å². The van der Waals surface area contributed by atoms with Crippen LogP contribution in [0.1, 0.15) is 30.0 Å². The number of rotatable bonds is 6. The van der Waals surface area contributed by atoms with Crippen molar-refractivity contribution in [3.05, 3.63) is 65.7 Å². The van der Waals surface area contributed by atoms with Gasteiger partial charge in [-0.05, 0) is 23.3 Å². The Kier molecular flexibility index (Phi) is 5.55. The molecule has 22 heavy (non-hydrogen) atoms. The predicted molar refractivity (Wildman–Crippen MR) is 87.8 cm³/mol. The van der Waals surface area contributed by atoms with Gasteiger partial charge in [0.1, 0.15) is 5.75 Å². The summed E-state index contributed by atoms with van der Waals surface area (Å²) >= 11 is 0. The zero-order chi connectivity index (χ0) is 15.9. The Hall–Kier alpha value is -2.33. The summed E-state index contributed by atoms with van der Waals surface area (Å²) in [5.74, 6) is 0.712. The van der Waals surface area contributed by atoms with Crippen molar-refractivity contribution in [3.8, 4) is 5.75 Å². The van der Waals surface area contributed by atoms with Crippen LogP contribution in [0.5, 0.6) is 5.75 Å². The van der Waals surface area contributed by atoms with Crippen molar-refractivity contribution >= 4 is 5.91 Å². The highest BCUT2D eigenvalue weighted by atomic mass is 16.5. The van der Waals surface area contributed by atoms with Crippen LogP contribution >= 0.6 is 0 Å². The molecule has 0 saturated carbocycles. The lowest BCUT2D eigenvalue weighted by Crippen LogP contribution is -2.36. The van der Waals surface area contributed by atoms with Crippen LogP contribution in [0.15, 0.2) is 54.6 Å². The van der Waals surface area contributed by atoms with E-state index in [1.807, 2.05) is 42.5 Å². The van der Waals surface area contributed by atoms with Crippen LogP contribution in [0.2, 0.25) is 0 Å². The third kappa shape index (κ3) is 3.86. The fourth-order valence-electron chi connectivity index (χ4n) is 2.51. The largest absolute Gasteiger partial charge is 0.497 e. The van der Waals surface area contributed by atoms with Gasteiger partial charge in [0, 0.05) is 5.92 Å². The number of carbonyl (C=O) groups excluding carboxylic acids is 1. The second-order valence-corrected chi connectivity index (χ2v) is 5.23. The predicted octanol–water partition coefficient (Wildman–Crippen LogP) is 2.61. The van der Waals surface area contributed by atoms with E-state index in [0.29, 0.717) is 0 Å². The first kappa shape index (κ1) is 16.0. The summed E-state index contributed by atoms with van der Waals surface area (Å²) in [6.45, 7) is 2.07. The summed E-state index contributed by atoms with van der Waals surface area (Å²) in [6, 6.07) is 17.7. The molecule has 0 aromatic heterocycles. The lowest BCUT2D eigenvalue weighted by atomic mass is 9.88. The van der Waals surface area contributed by atoms with Crippen LogP contribution < -0.4 is 15.8 Å². The average Bonchev–Trinajstić information content (AvgIpc) is 2.59. The molecule has 0 spiro atoms. The van der Waals surface area contributed by atoms with Crippen LogP contribution in [-0.4, -0.2) is 19.6 Å². The number of amides is 1. The number of nitrogens with two attached hydrogens (primary N) is 1. The zero-order valence-electron chi connectivity index (χ0n) is 13.0. The molecule has 2 unspecified atom stereocenters. The van der Waals surface area contributed by atoms with Crippen molar-refractivity contribution in [2.24, 2.45) is 5.73 Å². The first-order valence-corrected chi connectivity index (χ1v) is 7.34. The van der Waals surface area contributed by atoms with Crippen LogP contribution in [0, 0.1) is 0 Å². The molecule has 0 aliphatic rings. The molecular weight excluding hydrogens is 276 g/mol. The highest BCUT2D eigenvalue weighted by Crippen LogP contribution is 2.32. The minimum Gasteiger partial charge on any atom is -0.497 e. The lowest BCUT2D eigenvalue weighted by molar-refractivity contribution is -0.120. The fourth-order valence-corrected chi connectivity index (χ4v) is 2.51. The van der Waals surface area contributed by atoms with Gasteiger partial charge in [0.05, 0.1) is 19.7 Å². The fraction of sp³-hybridized carbons (Fsp3) is 0.278. The van der Waals surface area contributed by atoms with Gasteiger partial charge in [0.15, 0.2) is 0 Å². The van der Waals surface area contributed by atoms with E-state index in [1.54, 1.807) is 7.11 Å². The normalized spacial score (nSPS) is 13.2. The van der Waals surface area contributed by atoms with E-state index in [2.05, 4.69) is 24.4 Å².